The number of amides is 1. The van der Waals surface area contributed by atoms with Crippen LogP contribution < -0.4 is 10.6 Å². The highest BCUT2D eigenvalue weighted by atomic mass is 16.2. The lowest BCUT2D eigenvalue weighted by atomic mass is 10.0. The molecule has 1 aromatic carbocycles. The summed E-state index contributed by atoms with van der Waals surface area (Å²) in [4.78, 5) is 14.5. The Morgan fingerprint density at radius 3 is 2.71 bits per heavy atom. The first kappa shape index (κ1) is 15.8. The van der Waals surface area contributed by atoms with Crippen molar-refractivity contribution < 1.29 is 4.79 Å². The molecule has 2 atom stereocenters. The second-order valence-electron chi connectivity index (χ2n) is 6.55. The van der Waals surface area contributed by atoms with Crippen molar-refractivity contribution in [2.24, 2.45) is 5.92 Å². The number of likely N-dealkylation sites (N-methyl/N-ethyl adjacent to an activating group) is 1. The summed E-state index contributed by atoms with van der Waals surface area (Å²) in [6.45, 7) is 5.14. The lowest BCUT2D eigenvalue weighted by Gasteiger charge is -2.26. The molecular formula is C17H27N3O. The summed E-state index contributed by atoms with van der Waals surface area (Å²) in [5.41, 5.74) is 2.31. The molecule has 2 N–H and O–H groups in total. The van der Waals surface area contributed by atoms with Crippen LogP contribution in [0.4, 0.5) is 5.69 Å². The highest BCUT2D eigenvalue weighted by molar-refractivity contribution is 5.87. The van der Waals surface area contributed by atoms with Crippen molar-refractivity contribution in [1.82, 2.24) is 10.2 Å². The molecule has 0 fully saturated rings. The molecule has 0 spiro atoms. The van der Waals surface area contributed by atoms with Crippen LogP contribution in [0.25, 0.3) is 0 Å². The molecule has 0 radical (unpaired) electrons. The van der Waals surface area contributed by atoms with E-state index in [0.717, 1.165) is 18.5 Å². The van der Waals surface area contributed by atoms with Crippen LogP contribution >= 0.6 is 0 Å². The standard InChI is InChI=1S/C17H27N3O/c1-12(2)9-14(20(3)4)11-18-17(21)16-10-13-7-5-6-8-15(13)19-16/h5-8,12,14,16,19H,9-11H2,1-4H3,(H,18,21). The smallest absolute Gasteiger partial charge is 0.242 e. The van der Waals surface area contributed by atoms with Crippen molar-refractivity contribution in [3.63, 3.8) is 0 Å². The number of para-hydroxylation sites is 1. The van der Waals surface area contributed by atoms with Crippen LogP contribution in [0.5, 0.6) is 0 Å². The van der Waals surface area contributed by atoms with E-state index in [9.17, 15) is 4.79 Å². The Hall–Kier alpha value is -1.55. The molecule has 1 aliphatic rings. The lowest BCUT2D eigenvalue weighted by molar-refractivity contribution is -0.121. The third kappa shape index (κ3) is 4.21. The van der Waals surface area contributed by atoms with Gasteiger partial charge in [-0.1, -0.05) is 32.0 Å². The first-order valence-corrected chi connectivity index (χ1v) is 7.76. The fourth-order valence-corrected chi connectivity index (χ4v) is 2.82. The van der Waals surface area contributed by atoms with Gasteiger partial charge in [-0.3, -0.25) is 4.79 Å². The number of benzene rings is 1. The highest BCUT2D eigenvalue weighted by Gasteiger charge is 2.26. The van der Waals surface area contributed by atoms with E-state index in [4.69, 9.17) is 0 Å². The molecule has 21 heavy (non-hydrogen) atoms. The van der Waals surface area contributed by atoms with Crippen LogP contribution in [-0.4, -0.2) is 43.5 Å². The lowest BCUT2D eigenvalue weighted by Crippen LogP contribution is -2.45. The molecule has 2 rings (SSSR count). The first-order valence-electron chi connectivity index (χ1n) is 7.76. The Balaban J connectivity index is 1.85. The molecule has 0 aromatic heterocycles. The van der Waals surface area contributed by atoms with Crippen LogP contribution in [0.2, 0.25) is 0 Å². The summed E-state index contributed by atoms with van der Waals surface area (Å²) >= 11 is 0. The van der Waals surface area contributed by atoms with Gasteiger partial charge in [0.25, 0.3) is 0 Å². The Kier molecular flexibility index (Phi) is 5.23. The SMILES string of the molecule is CC(C)CC(CNC(=O)C1Cc2ccccc2N1)N(C)C. The maximum Gasteiger partial charge on any atom is 0.242 e. The van der Waals surface area contributed by atoms with Crippen molar-refractivity contribution >= 4 is 11.6 Å². The zero-order chi connectivity index (χ0) is 15.4. The molecule has 1 aromatic rings. The van der Waals surface area contributed by atoms with Crippen molar-refractivity contribution in [1.29, 1.82) is 0 Å². The zero-order valence-corrected chi connectivity index (χ0v) is 13.5. The molecule has 116 valence electrons. The van der Waals surface area contributed by atoms with Crippen molar-refractivity contribution in [3.05, 3.63) is 29.8 Å². The average Bonchev–Trinajstić information content (AvgIpc) is 2.86. The Morgan fingerprint density at radius 2 is 2.10 bits per heavy atom. The van der Waals surface area contributed by atoms with E-state index >= 15 is 0 Å². The number of hydrogen-bond donors (Lipinski definition) is 2. The second-order valence-corrected chi connectivity index (χ2v) is 6.55. The van der Waals surface area contributed by atoms with Gasteiger partial charge in [-0.25, -0.2) is 0 Å². The molecule has 0 aliphatic carbocycles. The Labute approximate surface area is 127 Å². The van der Waals surface area contributed by atoms with E-state index < -0.39 is 0 Å². The fraction of sp³-hybridized carbons (Fsp3) is 0.588. The second kappa shape index (κ2) is 6.94. The van der Waals surface area contributed by atoms with Crippen LogP contribution in [0.1, 0.15) is 25.8 Å². The van der Waals surface area contributed by atoms with Crippen molar-refractivity contribution in [2.45, 2.75) is 38.8 Å². The van der Waals surface area contributed by atoms with E-state index in [2.05, 4.69) is 49.5 Å². The normalized spacial score (nSPS) is 18.5. The third-order valence-corrected chi connectivity index (χ3v) is 4.07. The summed E-state index contributed by atoms with van der Waals surface area (Å²) in [6, 6.07) is 8.38. The molecular weight excluding hydrogens is 262 g/mol. The van der Waals surface area contributed by atoms with E-state index in [1.54, 1.807) is 0 Å². The number of fused-ring (bicyclic) bond motifs is 1. The molecule has 2 unspecified atom stereocenters. The summed E-state index contributed by atoms with van der Waals surface area (Å²) in [7, 11) is 4.14. The number of carbonyl (C=O) groups excluding carboxylic acids is 1. The van der Waals surface area contributed by atoms with Gasteiger partial charge >= 0.3 is 0 Å². The highest BCUT2D eigenvalue weighted by Crippen LogP contribution is 2.25. The third-order valence-electron chi connectivity index (χ3n) is 4.07. The van der Waals surface area contributed by atoms with Crippen LogP contribution in [0.3, 0.4) is 0 Å². The monoisotopic (exact) mass is 289 g/mol. The van der Waals surface area contributed by atoms with Gasteiger partial charge in [-0.2, -0.15) is 0 Å². The molecule has 0 bridgehead atoms. The van der Waals surface area contributed by atoms with Crippen LogP contribution in [0.15, 0.2) is 24.3 Å². The molecule has 4 heteroatoms. The minimum absolute atomic E-state index is 0.0989. The average molecular weight is 289 g/mol. The Morgan fingerprint density at radius 1 is 1.38 bits per heavy atom. The molecule has 1 heterocycles. The summed E-state index contributed by atoms with van der Waals surface area (Å²) in [5.74, 6) is 0.727. The van der Waals surface area contributed by atoms with Crippen molar-refractivity contribution in [2.75, 3.05) is 26.0 Å². The maximum atomic E-state index is 12.3. The van der Waals surface area contributed by atoms with Gasteiger partial charge in [0.05, 0.1) is 0 Å². The summed E-state index contributed by atoms with van der Waals surface area (Å²) < 4.78 is 0. The first-order chi connectivity index (χ1) is 9.97. The quantitative estimate of drug-likeness (QED) is 0.843. The van der Waals surface area contributed by atoms with Gasteiger partial charge in [0.2, 0.25) is 5.91 Å². The molecule has 1 amide bonds. The van der Waals surface area contributed by atoms with E-state index in [-0.39, 0.29) is 11.9 Å². The van der Waals surface area contributed by atoms with Crippen LogP contribution in [-0.2, 0) is 11.2 Å². The fourth-order valence-electron chi connectivity index (χ4n) is 2.82. The topological polar surface area (TPSA) is 44.4 Å². The molecule has 1 aliphatic heterocycles. The maximum absolute atomic E-state index is 12.3. The van der Waals surface area contributed by atoms with Gasteiger partial charge in [0, 0.05) is 24.7 Å². The number of carbonyl (C=O) groups is 1. The summed E-state index contributed by atoms with van der Waals surface area (Å²) in [6.07, 6.45) is 1.87. The number of nitrogens with zero attached hydrogens (tertiary/aromatic N) is 1. The predicted octanol–water partition coefficient (Wildman–Crippen LogP) is 2.12. The van der Waals surface area contributed by atoms with Gasteiger partial charge in [0.15, 0.2) is 0 Å². The zero-order valence-electron chi connectivity index (χ0n) is 13.5. The van der Waals surface area contributed by atoms with E-state index in [0.29, 0.717) is 18.5 Å². The van der Waals surface area contributed by atoms with Gasteiger partial charge < -0.3 is 15.5 Å². The van der Waals surface area contributed by atoms with Crippen LogP contribution in [0, 0.1) is 5.92 Å². The minimum atomic E-state index is -0.135. The number of rotatable bonds is 6. The number of nitrogens with one attached hydrogen (secondary N) is 2. The largest absolute Gasteiger partial charge is 0.373 e. The van der Waals surface area contributed by atoms with E-state index in [1.807, 2.05) is 18.2 Å². The van der Waals surface area contributed by atoms with Gasteiger partial charge in [-0.05, 0) is 38.1 Å². The van der Waals surface area contributed by atoms with Gasteiger partial charge in [0.1, 0.15) is 6.04 Å². The molecule has 4 nitrogen and oxygen atoms in total. The minimum Gasteiger partial charge on any atom is -0.373 e. The van der Waals surface area contributed by atoms with Crippen molar-refractivity contribution in [3.8, 4) is 0 Å². The Bertz CT molecular complexity index is 460. The van der Waals surface area contributed by atoms with Gasteiger partial charge in [-0.15, -0.1) is 0 Å². The summed E-state index contributed by atoms with van der Waals surface area (Å²) in [5, 5.41) is 6.41. The van der Waals surface area contributed by atoms with E-state index in [1.165, 1.54) is 5.56 Å². The number of anilines is 1. The predicted molar refractivity (Wildman–Crippen MR) is 87.5 cm³/mol. The molecule has 0 saturated heterocycles. The molecule has 0 saturated carbocycles. The number of hydrogen-bond acceptors (Lipinski definition) is 3.